The number of anilines is 2. The van der Waals surface area contributed by atoms with Crippen molar-refractivity contribution in [3.63, 3.8) is 0 Å². The molecule has 1 aromatic rings. The average molecular weight is 284 g/mol. The minimum atomic E-state index is 0.387. The molecule has 1 heterocycles. The number of rotatable bonds is 11. The van der Waals surface area contributed by atoms with Crippen molar-refractivity contribution in [1.29, 1.82) is 0 Å². The van der Waals surface area contributed by atoms with Crippen molar-refractivity contribution in [2.24, 2.45) is 0 Å². The summed E-state index contributed by atoms with van der Waals surface area (Å²) in [4.78, 5) is 8.72. The number of hydrogen-bond acceptors (Lipinski definition) is 7. The fourth-order valence-electron chi connectivity index (χ4n) is 1.55. The van der Waals surface area contributed by atoms with E-state index in [2.05, 4.69) is 20.6 Å². The Morgan fingerprint density at radius 1 is 1.00 bits per heavy atom. The first kappa shape index (κ1) is 16.6. The van der Waals surface area contributed by atoms with Crippen LogP contribution in [0.2, 0.25) is 0 Å². The molecule has 0 amide bonds. The second-order valence-electron chi connectivity index (χ2n) is 4.05. The van der Waals surface area contributed by atoms with E-state index in [1.165, 1.54) is 0 Å². The zero-order valence-corrected chi connectivity index (χ0v) is 12.4. The topological polar surface area (TPSA) is 77.5 Å². The summed E-state index contributed by atoms with van der Waals surface area (Å²) in [5.74, 6) is 2.20. The van der Waals surface area contributed by atoms with Crippen LogP contribution in [-0.4, -0.2) is 57.1 Å². The smallest absolute Gasteiger partial charge is 0.158 e. The predicted molar refractivity (Wildman–Crippen MR) is 78.1 cm³/mol. The van der Waals surface area contributed by atoms with Gasteiger partial charge < -0.3 is 24.8 Å². The molecule has 0 atom stereocenters. The lowest BCUT2D eigenvalue weighted by molar-refractivity contribution is 0.0759. The molecule has 0 saturated carbocycles. The van der Waals surface area contributed by atoms with Gasteiger partial charge in [-0.25, -0.2) is 9.97 Å². The van der Waals surface area contributed by atoms with Gasteiger partial charge in [-0.05, 0) is 6.92 Å². The largest absolute Gasteiger partial charge is 0.382 e. The van der Waals surface area contributed by atoms with Crippen LogP contribution >= 0.6 is 0 Å². The maximum atomic E-state index is 5.38. The summed E-state index contributed by atoms with van der Waals surface area (Å²) in [6.07, 6.45) is 0. The molecule has 0 unspecified atom stereocenters. The van der Waals surface area contributed by atoms with Crippen LogP contribution in [0, 0.1) is 0 Å². The molecule has 0 aliphatic carbocycles. The van der Waals surface area contributed by atoms with Gasteiger partial charge in [0.15, 0.2) is 5.82 Å². The van der Waals surface area contributed by atoms with Crippen LogP contribution in [0.1, 0.15) is 12.7 Å². The van der Waals surface area contributed by atoms with Gasteiger partial charge in [0.1, 0.15) is 18.2 Å². The Morgan fingerprint density at radius 3 is 2.40 bits per heavy atom. The Bertz CT molecular complexity index is 352. The Hall–Kier alpha value is -1.44. The average Bonchev–Trinajstić information content (AvgIpc) is 2.43. The van der Waals surface area contributed by atoms with E-state index < -0.39 is 0 Å². The quantitative estimate of drug-likeness (QED) is 0.590. The van der Waals surface area contributed by atoms with Crippen molar-refractivity contribution in [1.82, 2.24) is 9.97 Å². The molecule has 7 heteroatoms. The first-order valence-electron chi connectivity index (χ1n) is 6.71. The Balaban J connectivity index is 2.46. The van der Waals surface area contributed by atoms with Crippen LogP contribution in [0.3, 0.4) is 0 Å². The molecule has 0 aliphatic rings. The third-order valence-electron chi connectivity index (χ3n) is 2.39. The van der Waals surface area contributed by atoms with Gasteiger partial charge in [-0.3, -0.25) is 0 Å². The monoisotopic (exact) mass is 284 g/mol. The fraction of sp³-hybridized carbons (Fsp3) is 0.692. The number of aromatic nitrogens is 2. The number of hydrogen-bond donors (Lipinski definition) is 2. The Kier molecular flexibility index (Phi) is 8.61. The minimum Gasteiger partial charge on any atom is -0.382 e. The van der Waals surface area contributed by atoms with Gasteiger partial charge in [-0.15, -0.1) is 0 Å². The third kappa shape index (κ3) is 6.65. The molecule has 0 radical (unpaired) electrons. The van der Waals surface area contributed by atoms with Gasteiger partial charge >= 0.3 is 0 Å². The molecular formula is C13H24N4O3. The summed E-state index contributed by atoms with van der Waals surface area (Å²) in [5, 5.41) is 6.38. The summed E-state index contributed by atoms with van der Waals surface area (Å²) in [6.45, 7) is 5.70. The summed E-state index contributed by atoms with van der Waals surface area (Å²) >= 11 is 0. The van der Waals surface area contributed by atoms with Gasteiger partial charge in [0, 0.05) is 33.4 Å². The first-order chi connectivity index (χ1) is 9.80. The number of methoxy groups -OCH3 is 2. The molecule has 0 saturated heterocycles. The summed E-state index contributed by atoms with van der Waals surface area (Å²) in [7, 11) is 3.28. The minimum absolute atomic E-state index is 0.387. The van der Waals surface area contributed by atoms with E-state index in [9.17, 15) is 0 Å². The van der Waals surface area contributed by atoms with Crippen LogP contribution in [-0.2, 0) is 20.8 Å². The van der Waals surface area contributed by atoms with Gasteiger partial charge in [-0.1, -0.05) is 0 Å². The van der Waals surface area contributed by atoms with E-state index >= 15 is 0 Å². The molecule has 0 fully saturated rings. The molecule has 20 heavy (non-hydrogen) atoms. The molecule has 0 aromatic carbocycles. The summed E-state index contributed by atoms with van der Waals surface area (Å²) in [5.41, 5.74) is 0. The van der Waals surface area contributed by atoms with Crippen LogP contribution in [0.5, 0.6) is 0 Å². The maximum Gasteiger partial charge on any atom is 0.158 e. The van der Waals surface area contributed by atoms with Crippen molar-refractivity contribution >= 4 is 11.6 Å². The van der Waals surface area contributed by atoms with Gasteiger partial charge in [-0.2, -0.15) is 0 Å². The van der Waals surface area contributed by atoms with E-state index in [0.29, 0.717) is 38.8 Å². The Morgan fingerprint density at radius 2 is 1.75 bits per heavy atom. The van der Waals surface area contributed by atoms with Crippen LogP contribution in [0.15, 0.2) is 6.07 Å². The highest BCUT2D eigenvalue weighted by Gasteiger charge is 2.03. The zero-order valence-electron chi connectivity index (χ0n) is 12.4. The number of nitrogens with zero attached hydrogens (tertiary/aromatic N) is 2. The lowest BCUT2D eigenvalue weighted by Crippen LogP contribution is -2.14. The van der Waals surface area contributed by atoms with E-state index in [0.717, 1.165) is 18.2 Å². The van der Waals surface area contributed by atoms with Gasteiger partial charge in [0.25, 0.3) is 0 Å². The molecule has 7 nitrogen and oxygen atoms in total. The van der Waals surface area contributed by atoms with Crippen molar-refractivity contribution in [3.05, 3.63) is 11.9 Å². The van der Waals surface area contributed by atoms with Crippen molar-refractivity contribution in [2.75, 3.05) is 57.8 Å². The van der Waals surface area contributed by atoms with Gasteiger partial charge in [0.2, 0.25) is 0 Å². The van der Waals surface area contributed by atoms with Crippen molar-refractivity contribution < 1.29 is 14.2 Å². The standard InChI is InChI=1S/C13H24N4O3/c1-4-14-11-9-12(17-13(16-11)10-19-3)15-5-6-20-8-7-18-2/h9H,4-8,10H2,1-3H3,(H2,14,15,16,17). The molecule has 0 spiro atoms. The molecular weight excluding hydrogens is 260 g/mol. The van der Waals surface area contributed by atoms with E-state index in [-0.39, 0.29) is 0 Å². The first-order valence-corrected chi connectivity index (χ1v) is 6.71. The lowest BCUT2D eigenvalue weighted by Gasteiger charge is -2.10. The molecule has 0 bridgehead atoms. The summed E-state index contributed by atoms with van der Waals surface area (Å²) < 4.78 is 15.4. The summed E-state index contributed by atoms with van der Waals surface area (Å²) in [6, 6.07) is 1.87. The predicted octanol–water partition coefficient (Wildman–Crippen LogP) is 1.13. The Labute approximate surface area is 120 Å². The molecule has 114 valence electrons. The number of nitrogens with one attached hydrogen (secondary N) is 2. The maximum absolute atomic E-state index is 5.38. The highest BCUT2D eigenvalue weighted by molar-refractivity contribution is 5.47. The van der Waals surface area contributed by atoms with Crippen LogP contribution < -0.4 is 10.6 Å². The SMILES string of the molecule is CCNc1cc(NCCOCCOC)nc(COC)n1. The molecule has 0 aliphatic heterocycles. The third-order valence-corrected chi connectivity index (χ3v) is 2.39. The van der Waals surface area contributed by atoms with Crippen LogP contribution in [0.4, 0.5) is 11.6 Å². The van der Waals surface area contributed by atoms with Crippen molar-refractivity contribution in [3.8, 4) is 0 Å². The fourth-order valence-corrected chi connectivity index (χ4v) is 1.55. The van der Waals surface area contributed by atoms with E-state index in [1.54, 1.807) is 14.2 Å². The molecule has 2 N–H and O–H groups in total. The van der Waals surface area contributed by atoms with Gasteiger partial charge in [0.05, 0.1) is 19.8 Å². The highest BCUT2D eigenvalue weighted by Crippen LogP contribution is 2.11. The lowest BCUT2D eigenvalue weighted by atomic mass is 10.4. The molecule has 1 rings (SSSR count). The zero-order chi connectivity index (χ0) is 14.6. The number of ether oxygens (including phenoxy) is 3. The second-order valence-corrected chi connectivity index (χ2v) is 4.05. The van der Waals surface area contributed by atoms with E-state index in [4.69, 9.17) is 14.2 Å². The normalized spacial score (nSPS) is 10.6. The van der Waals surface area contributed by atoms with Crippen LogP contribution in [0.25, 0.3) is 0 Å². The van der Waals surface area contributed by atoms with E-state index in [1.807, 2.05) is 13.0 Å². The highest BCUT2D eigenvalue weighted by atomic mass is 16.5. The van der Waals surface area contributed by atoms with Crippen molar-refractivity contribution in [2.45, 2.75) is 13.5 Å². The molecule has 1 aromatic heterocycles. The second kappa shape index (κ2) is 10.4.